The first-order valence-corrected chi connectivity index (χ1v) is 6.58. The van der Waals surface area contributed by atoms with Crippen molar-refractivity contribution < 1.29 is 29.9 Å². The Morgan fingerprint density at radius 3 is 2.75 bits per heavy atom. The van der Waals surface area contributed by atoms with Gasteiger partial charge >= 0.3 is 0 Å². The summed E-state index contributed by atoms with van der Waals surface area (Å²) in [6.45, 7) is -0.687. The highest BCUT2D eigenvalue weighted by atomic mass is 35.5. The van der Waals surface area contributed by atoms with Crippen LogP contribution in [-0.2, 0) is 9.47 Å². The van der Waals surface area contributed by atoms with Gasteiger partial charge in [0.05, 0.1) is 13.2 Å². The number of hydrogen-bond acceptors (Lipinski definition) is 6. The van der Waals surface area contributed by atoms with E-state index in [4.69, 9.17) is 26.2 Å². The molecule has 0 aromatic heterocycles. The second-order valence-electron chi connectivity index (χ2n) is 4.63. The third-order valence-electron chi connectivity index (χ3n) is 3.12. The van der Waals surface area contributed by atoms with Crippen LogP contribution in [0.2, 0.25) is 5.02 Å². The molecule has 0 saturated carbocycles. The lowest BCUT2D eigenvalue weighted by Gasteiger charge is -2.37. The van der Waals surface area contributed by atoms with Crippen molar-refractivity contribution in [2.24, 2.45) is 0 Å². The minimum atomic E-state index is -1.42. The molecule has 1 saturated heterocycles. The summed E-state index contributed by atoms with van der Waals surface area (Å²) in [6, 6.07) is 6.81. The number of ether oxygens (including phenoxy) is 2. The van der Waals surface area contributed by atoms with Crippen molar-refractivity contribution in [3.63, 3.8) is 0 Å². The Morgan fingerprint density at radius 1 is 1.35 bits per heavy atom. The Hall–Kier alpha value is -0.730. The van der Waals surface area contributed by atoms with Gasteiger partial charge in [0.2, 0.25) is 0 Å². The number of rotatable bonds is 4. The van der Waals surface area contributed by atoms with E-state index in [1.807, 2.05) is 0 Å². The summed E-state index contributed by atoms with van der Waals surface area (Å²) < 4.78 is 10.8. The smallest absolute Gasteiger partial charge is 0.184 e. The predicted octanol–water partition coefficient (Wildman–Crippen LogP) is -0.171. The molecule has 0 aliphatic carbocycles. The Bertz CT molecular complexity index is 443. The lowest BCUT2D eigenvalue weighted by molar-refractivity contribution is -0.284. The van der Waals surface area contributed by atoms with Gasteiger partial charge in [0.25, 0.3) is 0 Å². The van der Waals surface area contributed by atoms with Crippen molar-refractivity contribution in [2.45, 2.75) is 30.7 Å². The molecule has 1 heterocycles. The van der Waals surface area contributed by atoms with Crippen molar-refractivity contribution in [2.75, 3.05) is 13.2 Å². The summed E-state index contributed by atoms with van der Waals surface area (Å²) in [5.41, 5.74) is 0.639. The quantitative estimate of drug-likeness (QED) is 0.616. The van der Waals surface area contributed by atoms with Crippen LogP contribution in [0.5, 0.6) is 0 Å². The molecule has 6 nitrogen and oxygen atoms in total. The molecule has 5 atom stereocenters. The molecule has 1 aromatic carbocycles. The zero-order valence-corrected chi connectivity index (χ0v) is 11.3. The van der Waals surface area contributed by atoms with Crippen LogP contribution in [0.25, 0.3) is 0 Å². The average Bonchev–Trinajstić information content (AvgIpc) is 2.46. The largest absolute Gasteiger partial charge is 0.394 e. The molecule has 0 spiro atoms. The third-order valence-corrected chi connectivity index (χ3v) is 3.35. The molecular formula is C13H17ClO6. The first-order valence-electron chi connectivity index (χ1n) is 6.20. The van der Waals surface area contributed by atoms with E-state index in [2.05, 4.69) is 0 Å². The first-order chi connectivity index (χ1) is 9.52. The predicted molar refractivity (Wildman–Crippen MR) is 70.1 cm³/mol. The monoisotopic (exact) mass is 304 g/mol. The van der Waals surface area contributed by atoms with E-state index in [1.54, 1.807) is 24.3 Å². The van der Waals surface area contributed by atoms with E-state index in [9.17, 15) is 15.3 Å². The number of hydrogen-bond donors (Lipinski definition) is 4. The zero-order valence-electron chi connectivity index (χ0n) is 10.6. The van der Waals surface area contributed by atoms with Crippen LogP contribution < -0.4 is 0 Å². The van der Waals surface area contributed by atoms with E-state index in [0.717, 1.165) is 0 Å². The van der Waals surface area contributed by atoms with Crippen LogP contribution in [0.1, 0.15) is 11.9 Å². The number of aliphatic hydroxyl groups excluding tert-OH is 4. The molecule has 0 radical (unpaired) electrons. The molecule has 1 aliphatic heterocycles. The van der Waals surface area contributed by atoms with E-state index in [-0.39, 0.29) is 6.61 Å². The molecule has 0 amide bonds. The van der Waals surface area contributed by atoms with E-state index in [0.29, 0.717) is 10.6 Å². The fraction of sp³-hybridized carbons (Fsp3) is 0.538. The van der Waals surface area contributed by atoms with Gasteiger partial charge in [0.15, 0.2) is 6.29 Å². The minimum absolute atomic E-state index is 0.0585. The van der Waals surface area contributed by atoms with Crippen LogP contribution in [0.3, 0.4) is 0 Å². The van der Waals surface area contributed by atoms with Gasteiger partial charge in [-0.25, -0.2) is 0 Å². The fourth-order valence-corrected chi connectivity index (χ4v) is 2.22. The number of benzene rings is 1. The summed E-state index contributed by atoms with van der Waals surface area (Å²) in [6.07, 6.45) is -5.77. The second kappa shape index (κ2) is 6.82. The van der Waals surface area contributed by atoms with Gasteiger partial charge < -0.3 is 29.9 Å². The molecule has 1 fully saturated rings. The van der Waals surface area contributed by atoms with Gasteiger partial charge in [-0.15, -0.1) is 0 Å². The SMILES string of the molecule is OC[C@H](O)[C@@H](O)[C@@H]1OC(c2cccc(Cl)c2)OC[C@H]1O. The maximum atomic E-state index is 9.86. The molecule has 4 N–H and O–H groups in total. The average molecular weight is 305 g/mol. The van der Waals surface area contributed by atoms with Crippen molar-refractivity contribution in [1.82, 2.24) is 0 Å². The molecule has 20 heavy (non-hydrogen) atoms. The topological polar surface area (TPSA) is 99.4 Å². The third kappa shape index (κ3) is 3.48. The Kier molecular flexibility index (Phi) is 5.34. The van der Waals surface area contributed by atoms with Crippen molar-refractivity contribution in [3.05, 3.63) is 34.9 Å². The van der Waals surface area contributed by atoms with Crippen molar-refractivity contribution in [1.29, 1.82) is 0 Å². The summed E-state index contributed by atoms with van der Waals surface area (Å²) in [5.74, 6) is 0. The standard InChI is InChI=1S/C13H17ClO6/c14-8-3-1-2-7(4-8)13-19-6-10(17)12(20-13)11(18)9(16)5-15/h1-4,9-13,15-18H,5-6H2/t9-,10+,11+,12+,13?/m0/s1. The Balaban J connectivity index is 2.11. The number of halogens is 1. The van der Waals surface area contributed by atoms with E-state index >= 15 is 0 Å². The maximum absolute atomic E-state index is 9.86. The molecule has 1 aliphatic rings. The molecular weight excluding hydrogens is 288 g/mol. The summed E-state index contributed by atoms with van der Waals surface area (Å²) in [7, 11) is 0. The second-order valence-corrected chi connectivity index (χ2v) is 5.07. The Morgan fingerprint density at radius 2 is 2.10 bits per heavy atom. The van der Waals surface area contributed by atoms with Crippen molar-refractivity contribution in [3.8, 4) is 0 Å². The summed E-state index contributed by atoms with van der Waals surface area (Å²) >= 11 is 5.88. The van der Waals surface area contributed by atoms with Gasteiger partial charge in [-0.05, 0) is 12.1 Å². The lowest BCUT2D eigenvalue weighted by atomic mass is 10.0. The normalized spacial score (nSPS) is 29.9. The Labute approximate surface area is 121 Å². The molecule has 0 bridgehead atoms. The molecule has 7 heteroatoms. The van der Waals surface area contributed by atoms with Gasteiger partial charge in [0, 0.05) is 10.6 Å². The minimum Gasteiger partial charge on any atom is -0.394 e. The first kappa shape index (κ1) is 15.7. The molecule has 1 unspecified atom stereocenters. The van der Waals surface area contributed by atoms with Crippen LogP contribution in [0.4, 0.5) is 0 Å². The van der Waals surface area contributed by atoms with E-state index in [1.165, 1.54) is 0 Å². The highest BCUT2D eigenvalue weighted by Crippen LogP contribution is 2.29. The van der Waals surface area contributed by atoms with Crippen LogP contribution in [0, 0.1) is 0 Å². The summed E-state index contributed by atoms with van der Waals surface area (Å²) in [5, 5.41) is 38.4. The van der Waals surface area contributed by atoms with Gasteiger partial charge in [-0.1, -0.05) is 23.7 Å². The highest BCUT2D eigenvalue weighted by Gasteiger charge is 2.39. The van der Waals surface area contributed by atoms with Gasteiger partial charge in [0.1, 0.15) is 24.4 Å². The van der Waals surface area contributed by atoms with Crippen LogP contribution >= 0.6 is 11.6 Å². The molecule has 112 valence electrons. The number of aliphatic hydroxyl groups is 4. The van der Waals surface area contributed by atoms with Gasteiger partial charge in [-0.3, -0.25) is 0 Å². The van der Waals surface area contributed by atoms with Crippen molar-refractivity contribution >= 4 is 11.6 Å². The lowest BCUT2D eigenvalue weighted by Crippen LogP contribution is -2.52. The summed E-state index contributed by atoms with van der Waals surface area (Å²) in [4.78, 5) is 0. The zero-order chi connectivity index (χ0) is 14.7. The molecule has 1 aromatic rings. The van der Waals surface area contributed by atoms with Crippen LogP contribution in [0.15, 0.2) is 24.3 Å². The van der Waals surface area contributed by atoms with E-state index < -0.39 is 37.3 Å². The highest BCUT2D eigenvalue weighted by molar-refractivity contribution is 6.30. The van der Waals surface area contributed by atoms with Crippen LogP contribution in [-0.4, -0.2) is 58.1 Å². The van der Waals surface area contributed by atoms with Gasteiger partial charge in [-0.2, -0.15) is 0 Å². The fourth-order valence-electron chi connectivity index (χ4n) is 2.02. The maximum Gasteiger partial charge on any atom is 0.184 e. The molecule has 2 rings (SSSR count).